The minimum atomic E-state index is -4.55. The molecule has 0 aromatic rings. The van der Waals surface area contributed by atoms with E-state index in [1.807, 2.05) is 21.1 Å². The van der Waals surface area contributed by atoms with Crippen molar-refractivity contribution >= 4 is 7.60 Å². The molecular weight excluding hydrogens is 457 g/mol. The van der Waals surface area contributed by atoms with Crippen LogP contribution in [0.4, 0.5) is 0 Å². The molecule has 1 atom stereocenters. The van der Waals surface area contributed by atoms with Crippen molar-refractivity contribution in [2.75, 3.05) is 27.7 Å². The molecule has 0 saturated heterocycles. The molecule has 0 amide bonds. The zero-order valence-electron chi connectivity index (χ0n) is 23.6. The van der Waals surface area contributed by atoms with Gasteiger partial charge in [-0.25, -0.2) is 0 Å². The molecule has 1 unspecified atom stereocenters. The second-order valence-corrected chi connectivity index (χ2v) is 13.3. The average Bonchev–Trinajstić information content (AvgIpc) is 2.75. The average molecular weight is 517 g/mol. The maximum atomic E-state index is 11.8. The standard InChI is InChI=1S/C29H58NO4P/c1-5-6-7-8-9-10-11-12-13-14-15-16-17-18-19-20-21-22-23-24-25-26-27-29(31,35(32,33)34)28-30(2,3)4/h6-7,16-17,31H,5,8-15,18-28H2,1-4H3,(H-,32,33,34)/p+1/b7-6-,17-16-. The van der Waals surface area contributed by atoms with Crippen LogP contribution in [-0.2, 0) is 4.57 Å². The third-order valence-electron chi connectivity index (χ3n) is 6.53. The van der Waals surface area contributed by atoms with Crippen molar-refractivity contribution < 1.29 is 23.9 Å². The predicted octanol–water partition coefficient (Wildman–Crippen LogP) is 8.10. The lowest BCUT2D eigenvalue weighted by molar-refractivity contribution is -0.875. The summed E-state index contributed by atoms with van der Waals surface area (Å²) in [5, 5.41) is 8.65. The molecule has 0 aliphatic heterocycles. The van der Waals surface area contributed by atoms with E-state index < -0.39 is 12.9 Å². The van der Waals surface area contributed by atoms with Crippen molar-refractivity contribution in [3.63, 3.8) is 0 Å². The zero-order valence-corrected chi connectivity index (χ0v) is 24.5. The number of likely N-dealkylation sites (N-methyl/N-ethyl adjacent to an activating group) is 1. The molecule has 3 N–H and O–H groups in total. The molecule has 0 rings (SSSR count). The number of quaternary nitrogens is 1. The number of allylic oxidation sites excluding steroid dienone is 4. The summed E-state index contributed by atoms with van der Waals surface area (Å²) in [6.45, 7) is 2.25. The number of hydrogen-bond acceptors (Lipinski definition) is 2. The minimum Gasteiger partial charge on any atom is -0.373 e. The number of rotatable bonds is 24. The van der Waals surface area contributed by atoms with Crippen LogP contribution in [0.2, 0.25) is 0 Å². The number of aliphatic hydroxyl groups is 1. The summed E-state index contributed by atoms with van der Waals surface area (Å²) in [4.78, 5) is 19.2. The van der Waals surface area contributed by atoms with Gasteiger partial charge in [-0.15, -0.1) is 0 Å². The van der Waals surface area contributed by atoms with E-state index in [9.17, 15) is 19.5 Å². The quantitative estimate of drug-likeness (QED) is 0.0524. The van der Waals surface area contributed by atoms with Gasteiger partial charge in [-0.05, 0) is 57.8 Å². The Labute approximate surface area is 217 Å². The van der Waals surface area contributed by atoms with Crippen LogP contribution in [0.5, 0.6) is 0 Å². The van der Waals surface area contributed by atoms with Crippen LogP contribution in [0.15, 0.2) is 24.3 Å². The largest absolute Gasteiger partial charge is 0.373 e. The Morgan fingerprint density at radius 2 is 0.971 bits per heavy atom. The third-order valence-corrected chi connectivity index (χ3v) is 7.98. The Morgan fingerprint density at radius 3 is 1.31 bits per heavy atom. The summed E-state index contributed by atoms with van der Waals surface area (Å²) >= 11 is 0. The maximum absolute atomic E-state index is 11.8. The lowest BCUT2D eigenvalue weighted by atomic mass is 10.0. The Balaban J connectivity index is 3.54. The van der Waals surface area contributed by atoms with Crippen LogP contribution in [0, 0.1) is 0 Å². The minimum absolute atomic E-state index is 0.0587. The van der Waals surface area contributed by atoms with E-state index in [4.69, 9.17) is 0 Å². The number of nitrogens with zero attached hydrogens (tertiary/aromatic N) is 1. The summed E-state index contributed by atoms with van der Waals surface area (Å²) in [6, 6.07) is 0. The molecule has 0 fully saturated rings. The summed E-state index contributed by atoms with van der Waals surface area (Å²) in [5.41, 5.74) is 0. The molecule has 35 heavy (non-hydrogen) atoms. The van der Waals surface area contributed by atoms with Crippen LogP contribution in [-0.4, -0.2) is 52.4 Å². The topological polar surface area (TPSA) is 77.8 Å². The van der Waals surface area contributed by atoms with Gasteiger partial charge in [0.2, 0.25) is 5.34 Å². The summed E-state index contributed by atoms with van der Waals surface area (Å²) in [5.74, 6) is 0. The van der Waals surface area contributed by atoms with Gasteiger partial charge in [0, 0.05) is 0 Å². The van der Waals surface area contributed by atoms with Gasteiger partial charge < -0.3 is 19.4 Å². The highest BCUT2D eigenvalue weighted by Crippen LogP contribution is 2.52. The summed E-state index contributed by atoms with van der Waals surface area (Å²) < 4.78 is 12.1. The van der Waals surface area contributed by atoms with E-state index in [-0.39, 0.29) is 13.0 Å². The Morgan fingerprint density at radius 1 is 0.629 bits per heavy atom. The SMILES string of the molecule is CC/C=C\CCCCCCCC/C=C\CCCCCCCCCCC(O)(C[N+](C)(C)C)P(=O)(O)O. The number of hydrogen-bond donors (Lipinski definition) is 3. The van der Waals surface area contributed by atoms with Crippen LogP contribution in [0.3, 0.4) is 0 Å². The van der Waals surface area contributed by atoms with Gasteiger partial charge in [-0.2, -0.15) is 0 Å². The van der Waals surface area contributed by atoms with Crippen molar-refractivity contribution in [1.82, 2.24) is 0 Å². The van der Waals surface area contributed by atoms with Gasteiger partial charge in [-0.1, -0.05) is 95.4 Å². The van der Waals surface area contributed by atoms with Crippen LogP contribution < -0.4 is 0 Å². The first kappa shape index (κ1) is 34.6. The second-order valence-electron chi connectivity index (χ2n) is 11.4. The predicted molar refractivity (Wildman–Crippen MR) is 152 cm³/mol. The van der Waals surface area contributed by atoms with Gasteiger partial charge in [0.1, 0.15) is 6.54 Å². The Kier molecular flexibility index (Phi) is 20.3. The molecule has 0 radical (unpaired) electrons. The lowest BCUT2D eigenvalue weighted by Crippen LogP contribution is -2.49. The van der Waals surface area contributed by atoms with E-state index in [1.54, 1.807) is 0 Å². The van der Waals surface area contributed by atoms with E-state index in [0.717, 1.165) is 25.7 Å². The number of unbranched alkanes of at least 4 members (excludes halogenated alkanes) is 15. The van der Waals surface area contributed by atoms with Crippen LogP contribution in [0.1, 0.15) is 129 Å². The van der Waals surface area contributed by atoms with Crippen LogP contribution >= 0.6 is 7.60 Å². The van der Waals surface area contributed by atoms with Crippen molar-refractivity contribution in [3.8, 4) is 0 Å². The fraction of sp³-hybridized carbons (Fsp3) is 0.862. The van der Waals surface area contributed by atoms with E-state index in [1.165, 1.54) is 83.5 Å². The van der Waals surface area contributed by atoms with E-state index in [0.29, 0.717) is 10.9 Å². The highest BCUT2D eigenvalue weighted by atomic mass is 31.2. The van der Waals surface area contributed by atoms with Crippen molar-refractivity contribution in [2.24, 2.45) is 0 Å². The molecule has 208 valence electrons. The van der Waals surface area contributed by atoms with Gasteiger partial charge in [0.15, 0.2) is 0 Å². The monoisotopic (exact) mass is 516 g/mol. The molecule has 0 aliphatic rings. The lowest BCUT2D eigenvalue weighted by Gasteiger charge is -2.35. The normalized spacial score (nSPS) is 14.8. The molecule has 6 heteroatoms. The van der Waals surface area contributed by atoms with Crippen LogP contribution in [0.25, 0.3) is 0 Å². The molecular formula is C29H59NO4P+. The molecule has 0 aromatic heterocycles. The van der Waals surface area contributed by atoms with Gasteiger partial charge in [0.25, 0.3) is 0 Å². The molecule has 5 nitrogen and oxygen atoms in total. The van der Waals surface area contributed by atoms with Gasteiger partial charge >= 0.3 is 7.60 Å². The van der Waals surface area contributed by atoms with Crippen molar-refractivity contribution in [3.05, 3.63) is 24.3 Å². The molecule has 0 aromatic carbocycles. The highest BCUT2D eigenvalue weighted by Gasteiger charge is 2.48. The fourth-order valence-electron chi connectivity index (χ4n) is 4.56. The maximum Gasteiger partial charge on any atom is 0.362 e. The Hall–Kier alpha value is -0.450. The first-order valence-corrected chi connectivity index (χ1v) is 16.0. The smallest absolute Gasteiger partial charge is 0.362 e. The van der Waals surface area contributed by atoms with Gasteiger partial charge in [-0.3, -0.25) is 4.57 Å². The Bertz CT molecular complexity index is 594. The molecule has 0 aliphatic carbocycles. The summed E-state index contributed by atoms with van der Waals surface area (Å²) in [6.07, 6.45) is 31.3. The molecule has 0 saturated carbocycles. The summed E-state index contributed by atoms with van der Waals surface area (Å²) in [7, 11) is 0.974. The first-order chi connectivity index (χ1) is 16.5. The van der Waals surface area contributed by atoms with Gasteiger partial charge in [0.05, 0.1) is 21.1 Å². The van der Waals surface area contributed by atoms with E-state index >= 15 is 0 Å². The highest BCUT2D eigenvalue weighted by molar-refractivity contribution is 7.53. The molecule has 0 heterocycles. The first-order valence-electron chi connectivity index (χ1n) is 14.4. The van der Waals surface area contributed by atoms with Crippen molar-refractivity contribution in [2.45, 2.75) is 134 Å². The fourth-order valence-corrected chi connectivity index (χ4v) is 5.62. The third kappa shape index (κ3) is 21.4. The molecule has 0 spiro atoms. The molecule has 0 bridgehead atoms. The van der Waals surface area contributed by atoms with E-state index in [2.05, 4.69) is 31.2 Å². The second kappa shape index (κ2) is 20.6. The van der Waals surface area contributed by atoms with Crippen molar-refractivity contribution in [1.29, 1.82) is 0 Å². The zero-order chi connectivity index (χ0) is 26.5.